The Kier molecular flexibility index (Phi) is 2.09. The lowest BCUT2D eigenvalue weighted by Gasteiger charge is -2.01. The first-order valence-electron chi connectivity index (χ1n) is 6.18. The molecule has 0 amide bonds. The smallest absolute Gasteiger partial charge is 0.224 e. The molecule has 4 rings (SSSR count). The van der Waals surface area contributed by atoms with Crippen molar-refractivity contribution < 1.29 is 5.11 Å². The SMILES string of the molecule is Cn1cc(-c2nc3cnc4ccccc4n3c2O)cn1. The molecule has 0 unspecified atom stereocenters. The molecule has 4 aromatic rings. The zero-order valence-electron chi connectivity index (χ0n) is 10.7. The molecule has 1 N–H and O–H groups in total. The largest absolute Gasteiger partial charge is 0.493 e. The Labute approximate surface area is 113 Å². The first-order valence-corrected chi connectivity index (χ1v) is 6.18. The molecular formula is C14H11N5O. The van der Waals surface area contributed by atoms with Crippen LogP contribution in [0.4, 0.5) is 0 Å². The number of hydrogen-bond donors (Lipinski definition) is 1. The number of aromatic nitrogens is 5. The molecule has 98 valence electrons. The van der Waals surface area contributed by atoms with Crippen molar-refractivity contribution >= 4 is 16.7 Å². The van der Waals surface area contributed by atoms with Crippen molar-refractivity contribution in [3.05, 3.63) is 42.9 Å². The van der Waals surface area contributed by atoms with Gasteiger partial charge >= 0.3 is 0 Å². The van der Waals surface area contributed by atoms with E-state index in [0.29, 0.717) is 11.3 Å². The highest BCUT2D eigenvalue weighted by Gasteiger charge is 2.16. The third kappa shape index (κ3) is 1.41. The molecule has 0 aliphatic carbocycles. The van der Waals surface area contributed by atoms with Crippen LogP contribution in [0.3, 0.4) is 0 Å². The maximum absolute atomic E-state index is 10.5. The summed E-state index contributed by atoms with van der Waals surface area (Å²) in [4.78, 5) is 8.79. The fraction of sp³-hybridized carbons (Fsp3) is 0.0714. The van der Waals surface area contributed by atoms with Gasteiger partial charge in [-0.1, -0.05) is 12.1 Å². The summed E-state index contributed by atoms with van der Waals surface area (Å²) in [5.74, 6) is 0.103. The van der Waals surface area contributed by atoms with Gasteiger partial charge in [-0.15, -0.1) is 0 Å². The second-order valence-corrected chi connectivity index (χ2v) is 4.63. The van der Waals surface area contributed by atoms with E-state index in [2.05, 4.69) is 15.1 Å². The van der Waals surface area contributed by atoms with E-state index in [0.717, 1.165) is 16.6 Å². The molecule has 0 saturated carbocycles. The van der Waals surface area contributed by atoms with Gasteiger partial charge in [0, 0.05) is 18.8 Å². The van der Waals surface area contributed by atoms with Crippen LogP contribution in [0.15, 0.2) is 42.9 Å². The van der Waals surface area contributed by atoms with Crippen LogP contribution in [0.2, 0.25) is 0 Å². The van der Waals surface area contributed by atoms with Crippen LogP contribution in [0.5, 0.6) is 5.88 Å². The van der Waals surface area contributed by atoms with Crippen molar-refractivity contribution in [3.8, 4) is 17.1 Å². The van der Waals surface area contributed by atoms with E-state index < -0.39 is 0 Å². The van der Waals surface area contributed by atoms with Crippen molar-refractivity contribution in [2.75, 3.05) is 0 Å². The van der Waals surface area contributed by atoms with E-state index in [1.807, 2.05) is 37.5 Å². The van der Waals surface area contributed by atoms with Gasteiger partial charge < -0.3 is 5.11 Å². The molecular weight excluding hydrogens is 254 g/mol. The molecule has 3 heterocycles. The van der Waals surface area contributed by atoms with Crippen LogP contribution in [0.1, 0.15) is 0 Å². The Bertz CT molecular complexity index is 937. The number of aryl methyl sites for hydroxylation is 1. The fourth-order valence-electron chi connectivity index (χ4n) is 2.38. The topological polar surface area (TPSA) is 68.2 Å². The monoisotopic (exact) mass is 265 g/mol. The minimum atomic E-state index is 0.103. The fourth-order valence-corrected chi connectivity index (χ4v) is 2.38. The summed E-state index contributed by atoms with van der Waals surface area (Å²) in [6.45, 7) is 0. The molecule has 3 aromatic heterocycles. The van der Waals surface area contributed by atoms with Gasteiger partial charge in [-0.05, 0) is 12.1 Å². The molecule has 0 spiro atoms. The van der Waals surface area contributed by atoms with Crippen molar-refractivity contribution in [1.29, 1.82) is 0 Å². The maximum Gasteiger partial charge on any atom is 0.224 e. The second kappa shape index (κ2) is 3.80. The van der Waals surface area contributed by atoms with E-state index in [1.54, 1.807) is 21.5 Å². The first-order chi connectivity index (χ1) is 9.74. The zero-order chi connectivity index (χ0) is 13.7. The predicted octanol–water partition coefficient (Wildman–Crippen LogP) is 1.99. The number of aromatic hydroxyl groups is 1. The number of fused-ring (bicyclic) bond motifs is 3. The molecule has 0 radical (unpaired) electrons. The minimum absolute atomic E-state index is 0.103. The Morgan fingerprint density at radius 2 is 2.00 bits per heavy atom. The molecule has 0 saturated heterocycles. The summed E-state index contributed by atoms with van der Waals surface area (Å²) in [6.07, 6.45) is 5.15. The highest BCUT2D eigenvalue weighted by Crippen LogP contribution is 2.31. The number of nitrogens with zero attached hydrogens (tertiary/aromatic N) is 5. The zero-order valence-corrected chi connectivity index (χ0v) is 10.7. The van der Waals surface area contributed by atoms with Gasteiger partial charge in [0.2, 0.25) is 5.88 Å². The molecule has 0 aliphatic heterocycles. The van der Waals surface area contributed by atoms with Crippen molar-refractivity contribution in [2.24, 2.45) is 7.05 Å². The van der Waals surface area contributed by atoms with Gasteiger partial charge in [0.05, 0.1) is 23.4 Å². The molecule has 0 atom stereocenters. The lowest BCUT2D eigenvalue weighted by atomic mass is 10.2. The third-order valence-electron chi connectivity index (χ3n) is 3.30. The number of rotatable bonds is 1. The lowest BCUT2D eigenvalue weighted by molar-refractivity contribution is 0.453. The van der Waals surface area contributed by atoms with Crippen LogP contribution in [0.25, 0.3) is 27.9 Å². The lowest BCUT2D eigenvalue weighted by Crippen LogP contribution is -1.89. The standard InChI is InChI=1S/C14H11N5O/c1-18-8-9(6-16-18)13-14(20)19-11-5-3-2-4-10(11)15-7-12(19)17-13/h2-8,20H,1H3. The Balaban J connectivity index is 2.10. The van der Waals surface area contributed by atoms with Gasteiger partial charge in [0.1, 0.15) is 5.69 Å². The number of imidazole rings is 1. The molecule has 6 heteroatoms. The maximum atomic E-state index is 10.5. The summed E-state index contributed by atoms with van der Waals surface area (Å²) in [5.41, 5.74) is 3.53. The van der Waals surface area contributed by atoms with Crippen molar-refractivity contribution in [3.63, 3.8) is 0 Å². The van der Waals surface area contributed by atoms with Gasteiger partial charge in [0.25, 0.3) is 0 Å². The second-order valence-electron chi connectivity index (χ2n) is 4.63. The van der Waals surface area contributed by atoms with Gasteiger partial charge in [-0.25, -0.2) is 4.98 Å². The predicted molar refractivity (Wildman–Crippen MR) is 74.4 cm³/mol. The van der Waals surface area contributed by atoms with Crippen LogP contribution >= 0.6 is 0 Å². The van der Waals surface area contributed by atoms with E-state index in [4.69, 9.17) is 0 Å². The van der Waals surface area contributed by atoms with Crippen molar-refractivity contribution in [1.82, 2.24) is 24.1 Å². The molecule has 20 heavy (non-hydrogen) atoms. The van der Waals surface area contributed by atoms with Gasteiger partial charge in [-0.3, -0.25) is 14.1 Å². The van der Waals surface area contributed by atoms with Crippen molar-refractivity contribution in [2.45, 2.75) is 0 Å². The molecule has 6 nitrogen and oxygen atoms in total. The quantitative estimate of drug-likeness (QED) is 0.571. The van der Waals surface area contributed by atoms with E-state index in [9.17, 15) is 5.11 Å². The number of benzene rings is 1. The molecule has 0 aliphatic rings. The summed E-state index contributed by atoms with van der Waals surface area (Å²) in [6, 6.07) is 7.63. The summed E-state index contributed by atoms with van der Waals surface area (Å²) >= 11 is 0. The van der Waals surface area contributed by atoms with Gasteiger partial charge in [0.15, 0.2) is 5.65 Å². The first kappa shape index (κ1) is 11.0. The summed E-state index contributed by atoms with van der Waals surface area (Å²) < 4.78 is 3.37. The highest BCUT2D eigenvalue weighted by molar-refractivity contribution is 5.81. The van der Waals surface area contributed by atoms with Crippen LogP contribution < -0.4 is 0 Å². The highest BCUT2D eigenvalue weighted by atomic mass is 16.3. The third-order valence-corrected chi connectivity index (χ3v) is 3.30. The van der Waals surface area contributed by atoms with Crippen LogP contribution in [-0.2, 0) is 7.05 Å². The number of hydrogen-bond acceptors (Lipinski definition) is 4. The van der Waals surface area contributed by atoms with E-state index in [1.165, 1.54) is 0 Å². The Hall–Kier alpha value is -2.89. The minimum Gasteiger partial charge on any atom is -0.493 e. The molecule has 1 aromatic carbocycles. The van der Waals surface area contributed by atoms with E-state index in [-0.39, 0.29) is 5.88 Å². The molecule has 0 bridgehead atoms. The van der Waals surface area contributed by atoms with E-state index >= 15 is 0 Å². The number of para-hydroxylation sites is 2. The van der Waals surface area contributed by atoms with Gasteiger partial charge in [-0.2, -0.15) is 5.10 Å². The van der Waals surface area contributed by atoms with Crippen LogP contribution in [0, 0.1) is 0 Å². The Morgan fingerprint density at radius 1 is 1.15 bits per heavy atom. The Morgan fingerprint density at radius 3 is 2.80 bits per heavy atom. The summed E-state index contributed by atoms with van der Waals surface area (Å²) in [7, 11) is 1.83. The van der Waals surface area contributed by atoms with Crippen LogP contribution in [-0.4, -0.2) is 29.3 Å². The average Bonchev–Trinajstić information content (AvgIpc) is 3.03. The molecule has 0 fully saturated rings. The average molecular weight is 265 g/mol. The summed E-state index contributed by atoms with van der Waals surface area (Å²) in [5, 5.41) is 14.6. The normalized spacial score (nSPS) is 11.4.